The van der Waals surface area contributed by atoms with Crippen molar-refractivity contribution in [3.63, 3.8) is 0 Å². The molecule has 1 saturated heterocycles. The Morgan fingerprint density at radius 1 is 1.47 bits per heavy atom. The number of carbonyl (C=O) groups is 1. The van der Waals surface area contributed by atoms with Crippen LogP contribution < -0.4 is 4.90 Å². The molecule has 1 N–H and O–H groups in total. The third-order valence-corrected chi connectivity index (χ3v) is 3.31. The van der Waals surface area contributed by atoms with Crippen molar-refractivity contribution >= 4 is 11.9 Å². The number of anilines is 1. The number of rotatable bonds is 2. The number of aromatic nitrogens is 2. The van der Waals surface area contributed by atoms with Gasteiger partial charge in [0.1, 0.15) is 6.04 Å². The highest BCUT2D eigenvalue weighted by atomic mass is 16.4. The van der Waals surface area contributed by atoms with Gasteiger partial charge in [0, 0.05) is 18.9 Å². The van der Waals surface area contributed by atoms with Gasteiger partial charge >= 0.3 is 5.97 Å². The first kappa shape index (κ1) is 11.8. The lowest BCUT2D eigenvalue weighted by molar-refractivity contribution is -0.142. The van der Waals surface area contributed by atoms with Crippen LogP contribution in [0.15, 0.2) is 18.5 Å². The van der Waals surface area contributed by atoms with Gasteiger partial charge in [0.25, 0.3) is 0 Å². The zero-order valence-corrected chi connectivity index (χ0v) is 10.1. The van der Waals surface area contributed by atoms with Crippen LogP contribution in [0.25, 0.3) is 0 Å². The zero-order valence-electron chi connectivity index (χ0n) is 10.1. The Labute approximate surface area is 100 Å². The summed E-state index contributed by atoms with van der Waals surface area (Å²) < 4.78 is 0. The first-order chi connectivity index (χ1) is 8.02. The van der Waals surface area contributed by atoms with E-state index in [4.69, 9.17) is 0 Å². The third kappa shape index (κ3) is 2.23. The average molecular weight is 235 g/mol. The number of hydrogen-bond donors (Lipinski definition) is 1. The topological polar surface area (TPSA) is 66.3 Å². The van der Waals surface area contributed by atoms with Gasteiger partial charge in [0.2, 0.25) is 5.95 Å². The number of hydrogen-bond acceptors (Lipinski definition) is 4. The number of nitrogens with zero attached hydrogens (tertiary/aromatic N) is 3. The minimum atomic E-state index is -0.804. The molecule has 1 aliphatic heterocycles. The predicted molar refractivity (Wildman–Crippen MR) is 63.8 cm³/mol. The molecule has 2 heterocycles. The quantitative estimate of drug-likeness (QED) is 0.842. The fourth-order valence-electron chi connectivity index (χ4n) is 2.52. The molecule has 0 spiro atoms. The van der Waals surface area contributed by atoms with Gasteiger partial charge in [-0.25, -0.2) is 14.8 Å². The van der Waals surface area contributed by atoms with Crippen LogP contribution >= 0.6 is 0 Å². The molecule has 17 heavy (non-hydrogen) atoms. The van der Waals surface area contributed by atoms with E-state index in [0.717, 1.165) is 12.8 Å². The van der Waals surface area contributed by atoms with Gasteiger partial charge in [-0.1, -0.05) is 13.8 Å². The van der Waals surface area contributed by atoms with Gasteiger partial charge in [-0.2, -0.15) is 0 Å². The van der Waals surface area contributed by atoms with E-state index in [0.29, 0.717) is 12.5 Å². The highest BCUT2D eigenvalue weighted by molar-refractivity contribution is 5.78. The Bertz CT molecular complexity index is 405. The molecule has 1 fully saturated rings. The van der Waals surface area contributed by atoms with Gasteiger partial charge in [-0.15, -0.1) is 0 Å². The summed E-state index contributed by atoms with van der Waals surface area (Å²) in [4.78, 5) is 21.6. The summed E-state index contributed by atoms with van der Waals surface area (Å²) in [5.74, 6) is -0.296. The van der Waals surface area contributed by atoms with Crippen LogP contribution in [0.2, 0.25) is 0 Å². The fourth-order valence-corrected chi connectivity index (χ4v) is 2.52. The van der Waals surface area contributed by atoms with E-state index in [-0.39, 0.29) is 5.41 Å². The maximum Gasteiger partial charge on any atom is 0.326 e. The minimum absolute atomic E-state index is 0.261. The second kappa shape index (κ2) is 4.31. The summed E-state index contributed by atoms with van der Waals surface area (Å²) in [6, 6.07) is 1.17. The SMILES string of the molecule is CC1(C)CCCN(c2ncccn2)C1C(=O)O. The van der Waals surface area contributed by atoms with Crippen LogP contribution in [-0.2, 0) is 4.79 Å². The molecular weight excluding hydrogens is 218 g/mol. The molecule has 0 bridgehead atoms. The van der Waals surface area contributed by atoms with Crippen LogP contribution in [0.4, 0.5) is 5.95 Å². The highest BCUT2D eigenvalue weighted by Gasteiger charge is 2.43. The van der Waals surface area contributed by atoms with Crippen LogP contribution in [0.3, 0.4) is 0 Å². The molecule has 0 saturated carbocycles. The van der Waals surface area contributed by atoms with Crippen molar-refractivity contribution in [2.45, 2.75) is 32.7 Å². The van der Waals surface area contributed by atoms with Gasteiger partial charge < -0.3 is 10.0 Å². The summed E-state index contributed by atoms with van der Waals surface area (Å²) >= 11 is 0. The molecule has 1 aromatic rings. The predicted octanol–water partition coefficient (Wildman–Crippen LogP) is 1.56. The Morgan fingerprint density at radius 2 is 2.12 bits per heavy atom. The normalized spacial score (nSPS) is 23.4. The molecule has 1 aliphatic rings. The molecule has 1 atom stereocenters. The van der Waals surface area contributed by atoms with Gasteiger partial charge in [-0.05, 0) is 24.3 Å². The minimum Gasteiger partial charge on any atom is -0.480 e. The van der Waals surface area contributed by atoms with Crippen molar-refractivity contribution in [3.05, 3.63) is 18.5 Å². The van der Waals surface area contributed by atoms with Gasteiger partial charge in [0.15, 0.2) is 0 Å². The maximum absolute atomic E-state index is 11.5. The smallest absolute Gasteiger partial charge is 0.326 e. The van der Waals surface area contributed by atoms with E-state index in [1.165, 1.54) is 0 Å². The zero-order chi connectivity index (χ0) is 12.5. The Morgan fingerprint density at radius 3 is 2.71 bits per heavy atom. The Hall–Kier alpha value is -1.65. The molecule has 92 valence electrons. The molecule has 0 aliphatic carbocycles. The van der Waals surface area contributed by atoms with Gasteiger partial charge in [0.05, 0.1) is 0 Å². The second-order valence-electron chi connectivity index (χ2n) is 5.08. The number of carboxylic acid groups (broad SMARTS) is 1. The van der Waals surface area contributed by atoms with Crippen LogP contribution in [0.1, 0.15) is 26.7 Å². The van der Waals surface area contributed by atoms with E-state index in [1.807, 2.05) is 13.8 Å². The third-order valence-electron chi connectivity index (χ3n) is 3.31. The van der Waals surface area contributed by atoms with E-state index < -0.39 is 12.0 Å². The average Bonchev–Trinajstić information content (AvgIpc) is 2.28. The maximum atomic E-state index is 11.5. The van der Waals surface area contributed by atoms with Crippen LogP contribution in [0, 0.1) is 5.41 Å². The van der Waals surface area contributed by atoms with E-state index in [1.54, 1.807) is 23.4 Å². The van der Waals surface area contributed by atoms with Crippen molar-refractivity contribution in [1.29, 1.82) is 0 Å². The van der Waals surface area contributed by atoms with Gasteiger partial charge in [-0.3, -0.25) is 0 Å². The van der Waals surface area contributed by atoms with Crippen LogP contribution in [0.5, 0.6) is 0 Å². The Balaban J connectivity index is 2.35. The lowest BCUT2D eigenvalue weighted by Gasteiger charge is -2.43. The van der Waals surface area contributed by atoms with E-state index >= 15 is 0 Å². The molecule has 0 amide bonds. The van der Waals surface area contributed by atoms with E-state index in [2.05, 4.69) is 9.97 Å². The Kier molecular flexibility index (Phi) is 3.00. The summed E-state index contributed by atoms with van der Waals surface area (Å²) in [5, 5.41) is 9.41. The van der Waals surface area contributed by atoms with Crippen molar-refractivity contribution in [2.24, 2.45) is 5.41 Å². The van der Waals surface area contributed by atoms with Crippen molar-refractivity contribution in [3.8, 4) is 0 Å². The number of aliphatic carboxylic acids is 1. The molecule has 1 unspecified atom stereocenters. The van der Waals surface area contributed by atoms with Crippen molar-refractivity contribution in [1.82, 2.24) is 9.97 Å². The number of carboxylic acids is 1. The molecule has 1 aromatic heterocycles. The highest BCUT2D eigenvalue weighted by Crippen LogP contribution is 2.36. The summed E-state index contributed by atoms with van der Waals surface area (Å²) in [6.07, 6.45) is 5.16. The largest absolute Gasteiger partial charge is 0.480 e. The fraction of sp³-hybridized carbons (Fsp3) is 0.583. The van der Waals surface area contributed by atoms with Crippen molar-refractivity contribution < 1.29 is 9.90 Å². The number of piperidine rings is 1. The molecular formula is C12H17N3O2. The summed E-state index contributed by atoms with van der Waals surface area (Å²) in [5.41, 5.74) is -0.261. The van der Waals surface area contributed by atoms with E-state index in [9.17, 15) is 9.90 Å². The van der Waals surface area contributed by atoms with Crippen molar-refractivity contribution in [2.75, 3.05) is 11.4 Å². The first-order valence-electron chi connectivity index (χ1n) is 5.79. The molecule has 5 heteroatoms. The lowest BCUT2D eigenvalue weighted by atomic mass is 9.76. The monoisotopic (exact) mass is 235 g/mol. The van der Waals surface area contributed by atoms with Crippen LogP contribution in [-0.4, -0.2) is 33.6 Å². The molecule has 5 nitrogen and oxygen atoms in total. The molecule has 0 radical (unpaired) electrons. The molecule has 0 aromatic carbocycles. The summed E-state index contributed by atoms with van der Waals surface area (Å²) in [7, 11) is 0. The summed E-state index contributed by atoms with van der Waals surface area (Å²) in [6.45, 7) is 4.67. The first-order valence-corrected chi connectivity index (χ1v) is 5.79. The second-order valence-corrected chi connectivity index (χ2v) is 5.08. The molecule has 2 rings (SSSR count). The lowest BCUT2D eigenvalue weighted by Crippen LogP contribution is -2.55. The standard InChI is InChI=1S/C12H17N3O2/c1-12(2)5-3-8-15(9(12)10(16)17)11-13-6-4-7-14-11/h4,6-7,9H,3,5,8H2,1-2H3,(H,16,17).